The van der Waals surface area contributed by atoms with Gasteiger partial charge in [-0.15, -0.1) is 0 Å². The summed E-state index contributed by atoms with van der Waals surface area (Å²) in [5.41, 5.74) is 0.415. The van der Waals surface area contributed by atoms with Crippen LogP contribution < -0.4 is 0 Å². The maximum absolute atomic E-state index is 12.4. The summed E-state index contributed by atoms with van der Waals surface area (Å²) in [6.07, 6.45) is 3.98. The van der Waals surface area contributed by atoms with Crippen molar-refractivity contribution in [2.45, 2.75) is 11.4 Å². The van der Waals surface area contributed by atoms with E-state index in [4.69, 9.17) is 5.11 Å². The van der Waals surface area contributed by atoms with E-state index in [1.165, 1.54) is 31.8 Å². The van der Waals surface area contributed by atoms with E-state index in [1.54, 1.807) is 0 Å². The van der Waals surface area contributed by atoms with Crippen LogP contribution in [0.4, 0.5) is 0 Å². The number of sulfonamides is 1. The summed E-state index contributed by atoms with van der Waals surface area (Å²) in [5, 5.41) is 14.9. The van der Waals surface area contributed by atoms with Crippen molar-refractivity contribution in [3.05, 3.63) is 36.2 Å². The number of hydrogen-bond donors (Lipinski definition) is 2. The lowest BCUT2D eigenvalue weighted by Gasteiger charge is -2.15. The third-order valence-corrected chi connectivity index (χ3v) is 4.34. The molecule has 9 heteroatoms. The molecule has 0 fully saturated rings. The Morgan fingerprint density at radius 2 is 2.24 bits per heavy atom. The monoisotopic (exact) mass is 307 g/mol. The highest BCUT2D eigenvalue weighted by Crippen LogP contribution is 2.15. The summed E-state index contributed by atoms with van der Waals surface area (Å²) in [5.74, 6) is 5.50. The first-order valence-electron chi connectivity index (χ1n) is 5.89. The van der Waals surface area contributed by atoms with E-state index in [2.05, 4.69) is 32.0 Å². The fraction of sp³-hybridized carbons (Fsp3) is 0.250. The Morgan fingerprint density at radius 3 is 2.90 bits per heavy atom. The number of aliphatic hydroxyl groups excluding tert-OH is 1. The lowest BCUT2D eigenvalue weighted by Crippen LogP contribution is -2.27. The molecule has 0 radical (unpaired) electrons. The Balaban J connectivity index is 2.26. The molecule has 2 rings (SSSR count). The largest absolute Gasteiger partial charge is 0.384 e. The molecule has 21 heavy (non-hydrogen) atoms. The van der Waals surface area contributed by atoms with Crippen molar-refractivity contribution in [1.29, 1.82) is 0 Å². The van der Waals surface area contributed by atoms with Gasteiger partial charge in [0, 0.05) is 25.0 Å². The van der Waals surface area contributed by atoms with Gasteiger partial charge in [0.1, 0.15) is 23.7 Å². The highest BCUT2D eigenvalue weighted by atomic mass is 32.2. The SMILES string of the molecule is CN(Cc1ncn[nH]1)S(=O)(=O)c1cncc(C#CCO)c1. The Kier molecular flexibility index (Phi) is 4.64. The highest BCUT2D eigenvalue weighted by Gasteiger charge is 2.22. The predicted octanol–water partition coefficient (Wildman–Crippen LogP) is -0.636. The molecule has 0 amide bonds. The number of hydrogen-bond acceptors (Lipinski definition) is 6. The first-order valence-corrected chi connectivity index (χ1v) is 7.33. The van der Waals surface area contributed by atoms with Crippen LogP contribution in [-0.2, 0) is 16.6 Å². The molecule has 0 saturated heterocycles. The lowest BCUT2D eigenvalue weighted by atomic mass is 10.3. The number of aliphatic hydroxyl groups is 1. The second-order valence-corrected chi connectivity index (χ2v) is 6.11. The normalized spacial score (nSPS) is 11.2. The molecule has 0 atom stereocenters. The minimum absolute atomic E-state index is 0.0225. The van der Waals surface area contributed by atoms with Gasteiger partial charge in [-0.1, -0.05) is 11.8 Å². The summed E-state index contributed by atoms with van der Waals surface area (Å²) in [7, 11) is -2.28. The molecule has 2 heterocycles. The van der Waals surface area contributed by atoms with Crippen molar-refractivity contribution in [2.24, 2.45) is 0 Å². The first kappa shape index (κ1) is 15.1. The van der Waals surface area contributed by atoms with E-state index in [-0.39, 0.29) is 18.0 Å². The number of aromatic nitrogens is 4. The Labute approximate surface area is 121 Å². The van der Waals surface area contributed by atoms with E-state index in [9.17, 15) is 8.42 Å². The van der Waals surface area contributed by atoms with Gasteiger partial charge in [-0.2, -0.15) is 9.40 Å². The zero-order chi connectivity index (χ0) is 15.3. The molecule has 2 aromatic rings. The molecule has 8 nitrogen and oxygen atoms in total. The van der Waals surface area contributed by atoms with Crippen LogP contribution in [0.25, 0.3) is 0 Å². The molecule has 0 saturated carbocycles. The summed E-state index contributed by atoms with van der Waals surface area (Å²) < 4.78 is 26.0. The number of nitrogens with one attached hydrogen (secondary N) is 1. The van der Waals surface area contributed by atoms with Gasteiger partial charge in [0.25, 0.3) is 0 Å². The molecule has 0 unspecified atom stereocenters. The van der Waals surface area contributed by atoms with E-state index >= 15 is 0 Å². The van der Waals surface area contributed by atoms with E-state index < -0.39 is 10.0 Å². The molecule has 110 valence electrons. The molecule has 2 aromatic heterocycles. The van der Waals surface area contributed by atoms with Gasteiger partial charge in [0.05, 0.1) is 6.54 Å². The van der Waals surface area contributed by atoms with Crippen molar-refractivity contribution in [3.63, 3.8) is 0 Å². The molecule has 0 bridgehead atoms. The maximum Gasteiger partial charge on any atom is 0.244 e. The van der Waals surface area contributed by atoms with Crippen LogP contribution in [-0.4, -0.2) is 51.6 Å². The van der Waals surface area contributed by atoms with Crippen LogP contribution in [0.15, 0.2) is 29.7 Å². The average molecular weight is 307 g/mol. The Bertz CT molecular complexity index is 762. The number of nitrogens with zero attached hydrogens (tertiary/aromatic N) is 4. The van der Waals surface area contributed by atoms with Crippen molar-refractivity contribution in [1.82, 2.24) is 24.5 Å². The summed E-state index contributed by atoms with van der Waals surface area (Å²) in [6, 6.07) is 1.40. The Hall–Kier alpha value is -2.28. The zero-order valence-electron chi connectivity index (χ0n) is 11.2. The third kappa shape index (κ3) is 3.63. The zero-order valence-corrected chi connectivity index (χ0v) is 12.0. The first-order chi connectivity index (χ1) is 10.0. The van der Waals surface area contributed by atoms with E-state index in [0.717, 1.165) is 4.31 Å². The minimum atomic E-state index is -3.71. The number of rotatable bonds is 4. The van der Waals surface area contributed by atoms with Crippen LogP contribution in [0, 0.1) is 11.8 Å². The molecule has 0 aliphatic carbocycles. The van der Waals surface area contributed by atoms with Crippen molar-refractivity contribution >= 4 is 10.0 Å². The predicted molar refractivity (Wildman–Crippen MR) is 73.2 cm³/mol. The van der Waals surface area contributed by atoms with Gasteiger partial charge in [-0.05, 0) is 6.07 Å². The second kappa shape index (κ2) is 6.45. The molecule has 0 aliphatic rings. The van der Waals surface area contributed by atoms with Gasteiger partial charge in [-0.3, -0.25) is 10.1 Å². The van der Waals surface area contributed by atoms with Crippen LogP contribution in [0.2, 0.25) is 0 Å². The number of pyridine rings is 1. The molecular formula is C12H13N5O3S. The van der Waals surface area contributed by atoms with Gasteiger partial charge in [-0.25, -0.2) is 13.4 Å². The number of aromatic amines is 1. The molecule has 0 aliphatic heterocycles. The fourth-order valence-electron chi connectivity index (χ4n) is 1.55. The van der Waals surface area contributed by atoms with Crippen molar-refractivity contribution in [2.75, 3.05) is 13.7 Å². The van der Waals surface area contributed by atoms with E-state index in [0.29, 0.717) is 11.4 Å². The van der Waals surface area contributed by atoms with Gasteiger partial charge >= 0.3 is 0 Å². The van der Waals surface area contributed by atoms with Gasteiger partial charge in [0.15, 0.2) is 0 Å². The topological polar surface area (TPSA) is 112 Å². The minimum Gasteiger partial charge on any atom is -0.384 e. The van der Waals surface area contributed by atoms with Crippen molar-refractivity contribution in [3.8, 4) is 11.8 Å². The summed E-state index contributed by atoms with van der Waals surface area (Å²) in [6.45, 7) is -0.239. The maximum atomic E-state index is 12.4. The second-order valence-electron chi connectivity index (χ2n) is 4.06. The molecule has 2 N–H and O–H groups in total. The fourth-order valence-corrected chi connectivity index (χ4v) is 2.67. The highest BCUT2D eigenvalue weighted by molar-refractivity contribution is 7.89. The summed E-state index contributed by atoms with van der Waals surface area (Å²) >= 11 is 0. The van der Waals surface area contributed by atoms with Crippen LogP contribution >= 0.6 is 0 Å². The van der Waals surface area contributed by atoms with Gasteiger partial charge < -0.3 is 5.11 Å². The van der Waals surface area contributed by atoms with Crippen LogP contribution in [0.3, 0.4) is 0 Å². The smallest absolute Gasteiger partial charge is 0.244 e. The number of H-pyrrole nitrogens is 1. The van der Waals surface area contributed by atoms with Crippen LogP contribution in [0.1, 0.15) is 11.4 Å². The lowest BCUT2D eigenvalue weighted by molar-refractivity contribution is 0.350. The van der Waals surface area contributed by atoms with Crippen molar-refractivity contribution < 1.29 is 13.5 Å². The van der Waals surface area contributed by atoms with Gasteiger partial charge in [0.2, 0.25) is 10.0 Å². The average Bonchev–Trinajstić information content (AvgIpc) is 2.98. The van der Waals surface area contributed by atoms with E-state index in [1.807, 2.05) is 0 Å². The summed E-state index contributed by atoms with van der Waals surface area (Å²) in [4.78, 5) is 7.76. The Morgan fingerprint density at radius 1 is 1.43 bits per heavy atom. The van der Waals surface area contributed by atoms with Crippen LogP contribution in [0.5, 0.6) is 0 Å². The standard InChI is InChI=1S/C12H13N5O3S/c1-17(8-12-14-9-15-16-12)21(19,20)11-5-10(3-2-4-18)6-13-7-11/h5-7,9,18H,4,8H2,1H3,(H,14,15,16). The molecule has 0 aromatic carbocycles. The third-order valence-electron chi connectivity index (χ3n) is 2.57. The molecular weight excluding hydrogens is 294 g/mol. The molecule has 0 spiro atoms. The quantitative estimate of drug-likeness (QED) is 0.727.